The molecule has 1 aromatic carbocycles. The van der Waals surface area contributed by atoms with E-state index in [0.29, 0.717) is 6.54 Å². The van der Waals surface area contributed by atoms with E-state index in [4.69, 9.17) is 6.57 Å². The lowest BCUT2D eigenvalue weighted by Crippen LogP contribution is -2.26. The van der Waals surface area contributed by atoms with Crippen LogP contribution in [-0.4, -0.2) is 6.54 Å². The van der Waals surface area contributed by atoms with Crippen molar-refractivity contribution in [3.8, 4) is 0 Å². The minimum Gasteiger partial charge on any atom is -0.316 e. The second-order valence-electron chi connectivity index (χ2n) is 4.62. The summed E-state index contributed by atoms with van der Waals surface area (Å²) in [6.45, 7) is 9.97. The summed E-state index contributed by atoms with van der Waals surface area (Å²) in [4.78, 5) is 3.66. The number of aryl methyl sites for hydroxylation is 1. The van der Waals surface area contributed by atoms with Crippen molar-refractivity contribution in [3.63, 3.8) is 0 Å². The van der Waals surface area contributed by atoms with Crippen molar-refractivity contribution in [2.24, 2.45) is 0 Å². The molecule has 0 heterocycles. The molecule has 0 spiro atoms. The van der Waals surface area contributed by atoms with E-state index in [2.05, 4.69) is 36.0 Å². The van der Waals surface area contributed by atoms with Gasteiger partial charge in [0.05, 0.1) is 5.41 Å². The highest BCUT2D eigenvalue weighted by molar-refractivity contribution is 5.35. The minimum atomic E-state index is 0.174. The second kappa shape index (κ2) is 4.06. The normalized spacial score (nSPS) is 18.7. The molecule has 0 aromatic heterocycles. The smallest absolute Gasteiger partial charge is 0.224 e. The van der Waals surface area contributed by atoms with E-state index in [0.717, 1.165) is 0 Å². The van der Waals surface area contributed by atoms with Crippen LogP contribution < -0.4 is 0 Å². The van der Waals surface area contributed by atoms with Gasteiger partial charge < -0.3 is 4.85 Å². The van der Waals surface area contributed by atoms with Gasteiger partial charge in [-0.05, 0) is 30.9 Å². The molecule has 0 bridgehead atoms. The summed E-state index contributed by atoms with van der Waals surface area (Å²) >= 11 is 0. The van der Waals surface area contributed by atoms with Crippen molar-refractivity contribution in [3.05, 3.63) is 46.8 Å². The Morgan fingerprint density at radius 3 is 2.53 bits per heavy atom. The Kier molecular flexibility index (Phi) is 2.77. The van der Waals surface area contributed by atoms with Crippen LogP contribution in [0.15, 0.2) is 24.3 Å². The number of benzene rings is 1. The van der Waals surface area contributed by atoms with Crippen LogP contribution in [0.5, 0.6) is 0 Å². The highest BCUT2D eigenvalue weighted by Gasteiger charge is 2.39. The summed E-state index contributed by atoms with van der Waals surface area (Å²) in [6, 6.07) is 8.57. The fourth-order valence-corrected chi connectivity index (χ4v) is 2.88. The second-order valence-corrected chi connectivity index (χ2v) is 4.62. The van der Waals surface area contributed by atoms with Gasteiger partial charge in [0, 0.05) is 0 Å². The van der Waals surface area contributed by atoms with Crippen molar-refractivity contribution in [1.29, 1.82) is 0 Å². The van der Waals surface area contributed by atoms with Crippen molar-refractivity contribution < 1.29 is 0 Å². The van der Waals surface area contributed by atoms with Crippen LogP contribution in [0.3, 0.4) is 0 Å². The molecule has 1 aliphatic carbocycles. The van der Waals surface area contributed by atoms with E-state index < -0.39 is 0 Å². The highest BCUT2D eigenvalue weighted by Crippen LogP contribution is 2.42. The molecule has 0 saturated heterocycles. The number of hydrogen-bond acceptors (Lipinski definition) is 0. The van der Waals surface area contributed by atoms with Gasteiger partial charge in [-0.3, -0.25) is 0 Å². The maximum Gasteiger partial charge on any atom is 0.224 e. The van der Waals surface area contributed by atoms with Crippen LogP contribution in [0.25, 0.3) is 4.85 Å². The van der Waals surface area contributed by atoms with Gasteiger partial charge in [0.25, 0.3) is 0 Å². The van der Waals surface area contributed by atoms with Crippen LogP contribution >= 0.6 is 0 Å². The predicted molar refractivity (Wildman–Crippen MR) is 62.8 cm³/mol. The lowest BCUT2D eigenvalue weighted by Gasteiger charge is -2.25. The van der Waals surface area contributed by atoms with Gasteiger partial charge in [-0.15, -0.1) is 0 Å². The van der Waals surface area contributed by atoms with Crippen LogP contribution in [0.4, 0.5) is 0 Å². The van der Waals surface area contributed by atoms with Gasteiger partial charge in [0.1, 0.15) is 0 Å². The summed E-state index contributed by atoms with van der Waals surface area (Å²) in [5, 5.41) is 0. The molecule has 0 radical (unpaired) electrons. The molecule has 0 unspecified atom stereocenters. The molecule has 1 nitrogen and oxygen atoms in total. The molecule has 2 rings (SSSR count). The van der Waals surface area contributed by atoms with E-state index in [1.165, 1.54) is 36.8 Å². The molecule has 0 amide bonds. The quantitative estimate of drug-likeness (QED) is 0.639. The molecule has 1 fully saturated rings. The largest absolute Gasteiger partial charge is 0.316 e. The van der Waals surface area contributed by atoms with Crippen LogP contribution in [-0.2, 0) is 5.41 Å². The number of nitrogens with zero attached hydrogens (tertiary/aromatic N) is 1. The third kappa shape index (κ3) is 1.77. The monoisotopic (exact) mass is 199 g/mol. The van der Waals surface area contributed by atoms with Gasteiger partial charge in [-0.25, -0.2) is 6.57 Å². The van der Waals surface area contributed by atoms with Gasteiger partial charge in [-0.2, -0.15) is 0 Å². The topological polar surface area (TPSA) is 4.36 Å². The Balaban J connectivity index is 2.42. The molecular formula is C14H17N. The van der Waals surface area contributed by atoms with Crippen LogP contribution in [0.2, 0.25) is 0 Å². The third-order valence-electron chi connectivity index (χ3n) is 3.66. The van der Waals surface area contributed by atoms with Crippen LogP contribution in [0.1, 0.15) is 36.8 Å². The Hall–Kier alpha value is -1.29. The van der Waals surface area contributed by atoms with Crippen molar-refractivity contribution in [1.82, 2.24) is 0 Å². The Morgan fingerprint density at radius 1 is 1.27 bits per heavy atom. The van der Waals surface area contributed by atoms with Gasteiger partial charge in [0.15, 0.2) is 0 Å². The first kappa shape index (κ1) is 10.2. The third-order valence-corrected chi connectivity index (χ3v) is 3.66. The SMILES string of the molecule is [C-]#[N+]CC1(c2ccccc2C)CCCC1. The number of rotatable bonds is 2. The maximum atomic E-state index is 7.14. The molecule has 1 aliphatic rings. The lowest BCUT2D eigenvalue weighted by atomic mass is 9.77. The summed E-state index contributed by atoms with van der Waals surface area (Å²) in [7, 11) is 0. The van der Waals surface area contributed by atoms with Crippen LogP contribution in [0, 0.1) is 13.5 Å². The average Bonchev–Trinajstić information content (AvgIpc) is 2.69. The Labute approximate surface area is 91.9 Å². The Bertz CT molecular complexity index is 381. The van der Waals surface area contributed by atoms with E-state index in [9.17, 15) is 0 Å². The molecule has 15 heavy (non-hydrogen) atoms. The van der Waals surface area contributed by atoms with Gasteiger partial charge in [0.2, 0.25) is 6.54 Å². The first-order valence-corrected chi connectivity index (χ1v) is 5.68. The zero-order valence-electron chi connectivity index (χ0n) is 9.29. The molecular weight excluding hydrogens is 182 g/mol. The molecule has 1 aromatic rings. The number of hydrogen-bond donors (Lipinski definition) is 0. The summed E-state index contributed by atoms with van der Waals surface area (Å²) in [5.74, 6) is 0. The van der Waals surface area contributed by atoms with Gasteiger partial charge >= 0.3 is 0 Å². The zero-order chi connectivity index (χ0) is 10.7. The molecule has 0 N–H and O–H groups in total. The standard InChI is InChI=1S/C14H17N/c1-12-7-3-4-8-13(12)14(11-15-2)9-5-6-10-14/h3-4,7-8H,5-6,9-11H2,1H3. The van der Waals surface area contributed by atoms with Crippen molar-refractivity contribution in [2.45, 2.75) is 38.0 Å². The first-order valence-electron chi connectivity index (χ1n) is 5.68. The van der Waals surface area contributed by atoms with E-state index in [1.54, 1.807) is 0 Å². The lowest BCUT2D eigenvalue weighted by molar-refractivity contribution is 0.475. The Morgan fingerprint density at radius 2 is 1.93 bits per heavy atom. The fourth-order valence-electron chi connectivity index (χ4n) is 2.88. The molecule has 1 heteroatoms. The van der Waals surface area contributed by atoms with Gasteiger partial charge in [-0.1, -0.05) is 37.1 Å². The highest BCUT2D eigenvalue weighted by atomic mass is 14.7. The molecule has 0 aliphatic heterocycles. The molecule has 78 valence electrons. The average molecular weight is 199 g/mol. The van der Waals surface area contributed by atoms with E-state index in [1.807, 2.05) is 0 Å². The van der Waals surface area contributed by atoms with Crippen molar-refractivity contribution in [2.75, 3.05) is 6.54 Å². The van der Waals surface area contributed by atoms with Crippen molar-refractivity contribution >= 4 is 0 Å². The van der Waals surface area contributed by atoms with E-state index >= 15 is 0 Å². The minimum absolute atomic E-state index is 0.174. The zero-order valence-corrected chi connectivity index (χ0v) is 9.29. The summed E-state index contributed by atoms with van der Waals surface area (Å²) in [6.07, 6.45) is 4.95. The first-order chi connectivity index (χ1) is 7.28. The summed E-state index contributed by atoms with van der Waals surface area (Å²) < 4.78 is 0. The molecule has 1 saturated carbocycles. The fraction of sp³-hybridized carbons (Fsp3) is 0.500. The summed E-state index contributed by atoms with van der Waals surface area (Å²) in [5.41, 5.74) is 2.94. The molecule has 0 atom stereocenters. The predicted octanol–water partition coefficient (Wildman–Crippen LogP) is 3.73. The van der Waals surface area contributed by atoms with E-state index in [-0.39, 0.29) is 5.41 Å². The maximum absolute atomic E-state index is 7.14.